The van der Waals surface area contributed by atoms with E-state index in [-0.39, 0.29) is 0 Å². The molecular weight excluding hydrogens is 332 g/mol. The number of rotatable bonds is 5. The highest BCUT2D eigenvalue weighted by Gasteiger charge is 2.28. The monoisotopic (exact) mass is 354 g/mol. The van der Waals surface area contributed by atoms with E-state index in [4.69, 9.17) is 4.98 Å². The zero-order valence-electron chi connectivity index (χ0n) is 14.5. The van der Waals surface area contributed by atoms with Gasteiger partial charge in [0, 0.05) is 31.4 Å². The van der Waals surface area contributed by atoms with Crippen molar-refractivity contribution in [2.24, 2.45) is 7.05 Å². The zero-order valence-corrected chi connectivity index (χ0v) is 15.3. The number of nitrogens with zero attached hydrogens (tertiary/aromatic N) is 5. The van der Waals surface area contributed by atoms with Gasteiger partial charge in [0.25, 0.3) is 0 Å². The van der Waals surface area contributed by atoms with Crippen LogP contribution in [0.1, 0.15) is 35.8 Å². The maximum absolute atomic E-state index is 4.82. The number of hydrogen-bond donors (Lipinski definition) is 1. The molecule has 0 saturated carbocycles. The molecular formula is C18H22N6S. The number of hydrogen-bond acceptors (Lipinski definition) is 6. The number of aromatic nitrogens is 4. The van der Waals surface area contributed by atoms with Crippen LogP contribution >= 0.6 is 11.3 Å². The van der Waals surface area contributed by atoms with Gasteiger partial charge in [0.1, 0.15) is 5.82 Å². The number of likely N-dealkylation sites (tertiary alicyclic amines) is 1. The molecule has 25 heavy (non-hydrogen) atoms. The first-order valence-electron chi connectivity index (χ1n) is 8.55. The van der Waals surface area contributed by atoms with Crippen LogP contribution in [0.5, 0.6) is 0 Å². The first kappa shape index (κ1) is 16.2. The highest BCUT2D eigenvalue weighted by molar-refractivity contribution is 7.13. The van der Waals surface area contributed by atoms with E-state index in [1.54, 1.807) is 11.3 Å². The van der Waals surface area contributed by atoms with Gasteiger partial charge >= 0.3 is 0 Å². The van der Waals surface area contributed by atoms with Gasteiger partial charge in [-0.2, -0.15) is 5.10 Å². The number of nitrogens with one attached hydrogen (secondary N) is 1. The maximum Gasteiger partial charge on any atom is 0.188 e. The Labute approximate surface area is 151 Å². The van der Waals surface area contributed by atoms with Crippen LogP contribution in [0.3, 0.4) is 0 Å². The fourth-order valence-corrected chi connectivity index (χ4v) is 4.03. The largest absolute Gasteiger partial charge is 0.316 e. The van der Waals surface area contributed by atoms with Crippen LogP contribution in [-0.4, -0.2) is 31.2 Å². The van der Waals surface area contributed by atoms with E-state index in [1.165, 1.54) is 12.1 Å². The third-order valence-electron chi connectivity index (χ3n) is 4.66. The molecule has 0 amide bonds. The van der Waals surface area contributed by atoms with Gasteiger partial charge in [-0.15, -0.1) is 11.3 Å². The Balaban J connectivity index is 1.47. The van der Waals surface area contributed by atoms with Crippen LogP contribution in [0.4, 0.5) is 10.9 Å². The van der Waals surface area contributed by atoms with E-state index in [1.807, 2.05) is 37.1 Å². The lowest BCUT2D eigenvalue weighted by molar-refractivity contribution is 0.239. The van der Waals surface area contributed by atoms with Crippen molar-refractivity contribution in [1.29, 1.82) is 0 Å². The molecule has 0 radical (unpaired) electrons. The molecule has 1 fully saturated rings. The molecule has 0 aliphatic carbocycles. The molecule has 4 heterocycles. The van der Waals surface area contributed by atoms with E-state index < -0.39 is 0 Å². The highest BCUT2D eigenvalue weighted by Crippen LogP contribution is 2.35. The van der Waals surface area contributed by atoms with Crippen LogP contribution in [-0.2, 0) is 13.6 Å². The molecule has 3 aromatic heterocycles. The van der Waals surface area contributed by atoms with E-state index in [0.717, 1.165) is 41.7 Å². The fraction of sp³-hybridized carbons (Fsp3) is 0.389. The minimum absolute atomic E-state index is 0.382. The van der Waals surface area contributed by atoms with Crippen LogP contribution in [0.15, 0.2) is 36.0 Å². The number of thiazole rings is 1. The first-order valence-corrected chi connectivity index (χ1v) is 9.43. The molecule has 1 saturated heterocycles. The number of aryl methyl sites for hydroxylation is 2. The fourth-order valence-electron chi connectivity index (χ4n) is 3.26. The van der Waals surface area contributed by atoms with Gasteiger partial charge in [-0.1, -0.05) is 6.07 Å². The predicted octanol–water partition coefficient (Wildman–Crippen LogP) is 3.66. The average Bonchev–Trinajstić information content (AvgIpc) is 3.33. The molecule has 6 nitrogen and oxygen atoms in total. The summed E-state index contributed by atoms with van der Waals surface area (Å²) in [5, 5.41) is 10.7. The smallest absolute Gasteiger partial charge is 0.188 e. The zero-order chi connectivity index (χ0) is 17.2. The van der Waals surface area contributed by atoms with Crippen LogP contribution in [0.2, 0.25) is 0 Å². The Bertz CT molecular complexity index is 837. The normalized spacial score (nSPS) is 17.9. The minimum atomic E-state index is 0.382. The Morgan fingerprint density at radius 3 is 3.00 bits per heavy atom. The summed E-state index contributed by atoms with van der Waals surface area (Å²) in [4.78, 5) is 11.7. The van der Waals surface area contributed by atoms with Crippen molar-refractivity contribution in [3.05, 3.63) is 52.9 Å². The topological polar surface area (TPSA) is 58.9 Å². The van der Waals surface area contributed by atoms with Crippen LogP contribution in [0, 0.1) is 6.92 Å². The van der Waals surface area contributed by atoms with Gasteiger partial charge in [0.05, 0.1) is 17.4 Å². The van der Waals surface area contributed by atoms with E-state index in [0.29, 0.717) is 6.04 Å². The number of anilines is 2. The average molecular weight is 354 g/mol. The van der Waals surface area contributed by atoms with Crippen molar-refractivity contribution >= 4 is 22.3 Å². The lowest BCUT2D eigenvalue weighted by Gasteiger charge is -2.22. The van der Waals surface area contributed by atoms with Crippen molar-refractivity contribution < 1.29 is 0 Å². The Morgan fingerprint density at radius 1 is 1.32 bits per heavy atom. The quantitative estimate of drug-likeness (QED) is 0.758. The van der Waals surface area contributed by atoms with Gasteiger partial charge in [-0.3, -0.25) is 9.58 Å². The molecule has 0 bridgehead atoms. The van der Waals surface area contributed by atoms with Crippen molar-refractivity contribution in [3.8, 4) is 0 Å². The second-order valence-electron chi connectivity index (χ2n) is 6.50. The second-order valence-corrected chi connectivity index (χ2v) is 7.36. The van der Waals surface area contributed by atoms with Gasteiger partial charge < -0.3 is 5.32 Å². The van der Waals surface area contributed by atoms with Gasteiger partial charge in [0.2, 0.25) is 0 Å². The molecule has 1 aliphatic rings. The molecule has 130 valence electrons. The summed E-state index contributed by atoms with van der Waals surface area (Å²) in [6, 6.07) is 6.51. The Hall–Kier alpha value is -2.25. The Morgan fingerprint density at radius 2 is 2.24 bits per heavy atom. The lowest BCUT2D eigenvalue weighted by Crippen LogP contribution is -2.24. The van der Waals surface area contributed by atoms with Gasteiger partial charge in [-0.05, 0) is 44.0 Å². The standard InChI is InChI=1S/C18H22N6S/c1-13-5-6-17(19-10-13)22-18-21-15(12-25-18)16-4-3-9-24(16)11-14-7-8-20-23(14)2/h5-8,10,12,16H,3-4,9,11H2,1-2H3,(H,19,21,22)/t16-/m1/s1. The second kappa shape index (κ2) is 6.93. The first-order chi connectivity index (χ1) is 12.2. The molecule has 7 heteroatoms. The van der Waals surface area contributed by atoms with Crippen molar-refractivity contribution in [2.75, 3.05) is 11.9 Å². The predicted molar refractivity (Wildman–Crippen MR) is 100.0 cm³/mol. The summed E-state index contributed by atoms with van der Waals surface area (Å²) in [7, 11) is 2.00. The molecule has 0 aromatic carbocycles. The van der Waals surface area contributed by atoms with Crippen LogP contribution < -0.4 is 5.32 Å². The summed E-state index contributed by atoms with van der Waals surface area (Å²) in [6.45, 7) is 4.06. The third kappa shape index (κ3) is 3.57. The van der Waals surface area contributed by atoms with Crippen molar-refractivity contribution in [3.63, 3.8) is 0 Å². The summed E-state index contributed by atoms with van der Waals surface area (Å²) in [5.41, 5.74) is 3.55. The molecule has 1 N–H and O–H groups in total. The lowest BCUT2D eigenvalue weighted by atomic mass is 10.1. The minimum Gasteiger partial charge on any atom is -0.316 e. The highest BCUT2D eigenvalue weighted by atomic mass is 32.1. The maximum atomic E-state index is 4.82. The summed E-state index contributed by atoms with van der Waals surface area (Å²) >= 11 is 1.64. The van der Waals surface area contributed by atoms with E-state index in [9.17, 15) is 0 Å². The van der Waals surface area contributed by atoms with Crippen molar-refractivity contribution in [1.82, 2.24) is 24.6 Å². The molecule has 1 atom stereocenters. The Kier molecular flexibility index (Phi) is 4.50. The van der Waals surface area contributed by atoms with Crippen LogP contribution in [0.25, 0.3) is 0 Å². The molecule has 0 unspecified atom stereocenters. The summed E-state index contributed by atoms with van der Waals surface area (Å²) in [5.74, 6) is 0.838. The van der Waals surface area contributed by atoms with Gasteiger partial charge in [0.15, 0.2) is 5.13 Å². The SMILES string of the molecule is Cc1ccc(Nc2nc([C@H]3CCCN3Cc3ccnn3C)cs2)nc1. The number of pyridine rings is 1. The van der Waals surface area contributed by atoms with E-state index in [2.05, 4.69) is 37.8 Å². The van der Waals surface area contributed by atoms with Gasteiger partial charge in [-0.25, -0.2) is 9.97 Å². The molecule has 4 rings (SSSR count). The molecule has 3 aromatic rings. The molecule has 0 spiro atoms. The third-order valence-corrected chi connectivity index (χ3v) is 5.44. The van der Waals surface area contributed by atoms with Crippen molar-refractivity contribution in [2.45, 2.75) is 32.4 Å². The summed E-state index contributed by atoms with van der Waals surface area (Å²) in [6.07, 6.45) is 6.09. The van der Waals surface area contributed by atoms with E-state index >= 15 is 0 Å². The summed E-state index contributed by atoms with van der Waals surface area (Å²) < 4.78 is 1.95. The molecule has 1 aliphatic heterocycles.